The van der Waals surface area contributed by atoms with E-state index >= 15 is 0 Å². The number of rotatable bonds is 5. The molecule has 1 fully saturated rings. The smallest absolute Gasteiger partial charge is 0.490 e. The zero-order valence-electron chi connectivity index (χ0n) is 14.8. The molecule has 2 N–H and O–H groups in total. The van der Waals surface area contributed by atoms with E-state index in [0.29, 0.717) is 17.1 Å². The fraction of sp³-hybridized carbons (Fsp3) is 0.500. The van der Waals surface area contributed by atoms with Crippen molar-refractivity contribution in [3.63, 3.8) is 0 Å². The fourth-order valence-corrected chi connectivity index (χ4v) is 2.51. The topological polar surface area (TPSA) is 96.3 Å². The van der Waals surface area contributed by atoms with Gasteiger partial charge < -0.3 is 19.7 Å². The average molecular weight is 415 g/mol. The maximum atomic E-state index is 13.4. The Bertz CT molecular complexity index is 709. The van der Waals surface area contributed by atoms with Gasteiger partial charge in [0.25, 0.3) is 5.92 Å². The molecule has 0 unspecified atom stereocenters. The highest BCUT2D eigenvalue weighted by molar-refractivity contribution is 5.74. The van der Waals surface area contributed by atoms with Gasteiger partial charge in [0.15, 0.2) is 11.5 Å². The molecule has 28 heavy (non-hydrogen) atoms. The minimum absolute atomic E-state index is 0.118. The van der Waals surface area contributed by atoms with Crippen LogP contribution in [0.4, 0.5) is 22.0 Å². The summed E-state index contributed by atoms with van der Waals surface area (Å²) in [6.07, 6.45) is -5.74. The van der Waals surface area contributed by atoms with Crippen LogP contribution in [0.25, 0.3) is 0 Å². The van der Waals surface area contributed by atoms with Crippen LogP contribution in [0.1, 0.15) is 12.0 Å². The maximum absolute atomic E-state index is 13.4. The van der Waals surface area contributed by atoms with E-state index in [2.05, 4.69) is 0 Å². The number of halogens is 5. The predicted molar refractivity (Wildman–Crippen MR) is 84.6 cm³/mol. The molecule has 1 heterocycles. The number of likely N-dealkylation sites (tertiary alicyclic amines) is 1. The van der Waals surface area contributed by atoms with Gasteiger partial charge in [-0.15, -0.1) is 0 Å². The molecule has 0 amide bonds. The lowest BCUT2D eigenvalue weighted by atomic mass is 10.1. The van der Waals surface area contributed by atoms with Crippen molar-refractivity contribution in [2.45, 2.75) is 31.1 Å². The van der Waals surface area contributed by atoms with Gasteiger partial charge in [-0.25, -0.2) is 13.6 Å². The van der Waals surface area contributed by atoms with Gasteiger partial charge in [0.05, 0.1) is 20.8 Å². The Labute approximate surface area is 156 Å². The monoisotopic (exact) mass is 415 g/mol. The molecule has 0 aromatic heterocycles. The number of carboxylic acids is 2. The Kier molecular flexibility index (Phi) is 7.56. The fourth-order valence-electron chi connectivity index (χ4n) is 2.51. The van der Waals surface area contributed by atoms with Crippen LogP contribution in [-0.2, 0) is 16.1 Å². The summed E-state index contributed by atoms with van der Waals surface area (Å²) in [7, 11) is 2.98. The van der Waals surface area contributed by atoms with E-state index in [-0.39, 0.29) is 6.54 Å². The van der Waals surface area contributed by atoms with E-state index in [9.17, 15) is 26.7 Å². The Balaban J connectivity index is 0.000000480. The van der Waals surface area contributed by atoms with Gasteiger partial charge in [-0.3, -0.25) is 9.69 Å². The van der Waals surface area contributed by atoms with Crippen molar-refractivity contribution in [2.75, 3.05) is 20.8 Å². The zero-order chi connectivity index (χ0) is 21.7. The summed E-state index contributed by atoms with van der Waals surface area (Å²) in [6.45, 7) is -0.439. The highest BCUT2D eigenvalue weighted by Crippen LogP contribution is 2.34. The number of methoxy groups -OCH3 is 2. The van der Waals surface area contributed by atoms with Crippen molar-refractivity contribution >= 4 is 11.9 Å². The third-order valence-corrected chi connectivity index (χ3v) is 3.73. The van der Waals surface area contributed by atoms with E-state index in [4.69, 9.17) is 24.5 Å². The summed E-state index contributed by atoms with van der Waals surface area (Å²) in [6, 6.07) is 3.86. The summed E-state index contributed by atoms with van der Waals surface area (Å²) < 4.78 is 68.8. The number of benzene rings is 1. The van der Waals surface area contributed by atoms with Crippen LogP contribution in [0.2, 0.25) is 0 Å². The van der Waals surface area contributed by atoms with Crippen molar-refractivity contribution < 1.29 is 51.2 Å². The standard InChI is InChI=1S/C14H17F2NO4.C2HF3O2/c1-20-11-4-3-9(5-12(11)21-2)7-17-8-14(15,16)6-10(17)13(18)19;3-2(4,5)1(6)7/h3-5,10H,6-8H2,1-2H3,(H,18,19);(H,6,7)/t10-;/m1./s1. The van der Waals surface area contributed by atoms with Crippen LogP contribution in [-0.4, -0.2) is 66.0 Å². The summed E-state index contributed by atoms with van der Waals surface area (Å²) in [5.74, 6) is -5.95. The normalized spacial score (nSPS) is 18.8. The molecule has 7 nitrogen and oxygen atoms in total. The molecule has 1 saturated heterocycles. The van der Waals surface area contributed by atoms with E-state index < -0.39 is 43.0 Å². The highest BCUT2D eigenvalue weighted by Gasteiger charge is 2.48. The second kappa shape index (κ2) is 9.04. The molecule has 0 bridgehead atoms. The van der Waals surface area contributed by atoms with Crippen LogP contribution in [0.3, 0.4) is 0 Å². The largest absolute Gasteiger partial charge is 0.493 e. The number of ether oxygens (including phenoxy) is 2. The number of carbonyl (C=O) groups is 2. The van der Waals surface area contributed by atoms with Crippen LogP contribution >= 0.6 is 0 Å². The van der Waals surface area contributed by atoms with Gasteiger partial charge >= 0.3 is 18.1 Å². The molecule has 1 aliphatic heterocycles. The molecule has 158 valence electrons. The Hall–Kier alpha value is -2.63. The molecule has 2 rings (SSSR count). The first-order valence-corrected chi connectivity index (χ1v) is 7.66. The minimum Gasteiger partial charge on any atom is -0.493 e. The molecule has 1 aromatic rings. The molecular weight excluding hydrogens is 397 g/mol. The zero-order valence-corrected chi connectivity index (χ0v) is 14.8. The molecule has 12 heteroatoms. The Morgan fingerprint density at radius 3 is 2.14 bits per heavy atom. The van der Waals surface area contributed by atoms with Crippen molar-refractivity contribution in [3.05, 3.63) is 23.8 Å². The Morgan fingerprint density at radius 1 is 1.18 bits per heavy atom. The van der Waals surface area contributed by atoms with Crippen LogP contribution in [0.15, 0.2) is 18.2 Å². The first kappa shape index (κ1) is 23.4. The quantitative estimate of drug-likeness (QED) is 0.714. The van der Waals surface area contributed by atoms with E-state index in [1.807, 2.05) is 0 Å². The summed E-state index contributed by atoms with van der Waals surface area (Å²) in [4.78, 5) is 21.3. The molecule has 0 radical (unpaired) electrons. The summed E-state index contributed by atoms with van der Waals surface area (Å²) in [5.41, 5.74) is 0.691. The molecule has 0 spiro atoms. The maximum Gasteiger partial charge on any atom is 0.490 e. The first-order chi connectivity index (χ1) is 12.8. The second-order valence-electron chi connectivity index (χ2n) is 5.81. The first-order valence-electron chi connectivity index (χ1n) is 7.66. The predicted octanol–water partition coefficient (Wildman–Crippen LogP) is 2.63. The number of hydrogen-bond acceptors (Lipinski definition) is 5. The second-order valence-corrected chi connectivity index (χ2v) is 5.81. The van der Waals surface area contributed by atoms with Crippen molar-refractivity contribution in [3.8, 4) is 11.5 Å². The molecule has 0 aliphatic carbocycles. The lowest BCUT2D eigenvalue weighted by molar-refractivity contribution is -0.192. The van der Waals surface area contributed by atoms with Crippen molar-refractivity contribution in [2.24, 2.45) is 0 Å². The molecule has 1 atom stereocenters. The number of aliphatic carboxylic acids is 2. The van der Waals surface area contributed by atoms with E-state index in [1.54, 1.807) is 18.2 Å². The minimum atomic E-state index is -5.08. The molecule has 1 aromatic carbocycles. The summed E-state index contributed by atoms with van der Waals surface area (Å²) >= 11 is 0. The van der Waals surface area contributed by atoms with Crippen molar-refractivity contribution in [1.29, 1.82) is 0 Å². The third kappa shape index (κ3) is 6.51. The van der Waals surface area contributed by atoms with Crippen LogP contribution in [0.5, 0.6) is 11.5 Å². The van der Waals surface area contributed by atoms with Gasteiger partial charge in [0.2, 0.25) is 0 Å². The Morgan fingerprint density at radius 2 is 1.71 bits per heavy atom. The lowest BCUT2D eigenvalue weighted by Gasteiger charge is -2.21. The van der Waals surface area contributed by atoms with Gasteiger partial charge in [-0.1, -0.05) is 6.07 Å². The van der Waals surface area contributed by atoms with Gasteiger partial charge in [-0.05, 0) is 17.7 Å². The average Bonchev–Trinajstić information content (AvgIpc) is 2.89. The number of carboxylic acid groups (broad SMARTS) is 2. The molecule has 0 saturated carbocycles. The van der Waals surface area contributed by atoms with Crippen LogP contribution < -0.4 is 9.47 Å². The SMILES string of the molecule is COc1ccc(CN2CC(F)(F)C[C@@H]2C(=O)O)cc1OC.O=C(O)C(F)(F)F. The number of hydrogen-bond donors (Lipinski definition) is 2. The number of nitrogens with zero attached hydrogens (tertiary/aromatic N) is 1. The van der Waals surface area contributed by atoms with Crippen LogP contribution in [0, 0.1) is 0 Å². The third-order valence-electron chi connectivity index (χ3n) is 3.73. The lowest BCUT2D eigenvalue weighted by Crippen LogP contribution is -2.35. The molecular formula is C16H18F5NO6. The highest BCUT2D eigenvalue weighted by atomic mass is 19.4. The van der Waals surface area contributed by atoms with Gasteiger partial charge in [0, 0.05) is 13.0 Å². The van der Waals surface area contributed by atoms with E-state index in [1.165, 1.54) is 19.1 Å². The van der Waals surface area contributed by atoms with Gasteiger partial charge in [-0.2, -0.15) is 13.2 Å². The van der Waals surface area contributed by atoms with E-state index in [0.717, 1.165) is 0 Å². The number of alkyl halides is 5. The summed E-state index contributed by atoms with van der Waals surface area (Å²) in [5, 5.41) is 16.2. The van der Waals surface area contributed by atoms with Gasteiger partial charge in [0.1, 0.15) is 6.04 Å². The molecule has 1 aliphatic rings. The van der Waals surface area contributed by atoms with Crippen molar-refractivity contribution in [1.82, 2.24) is 4.90 Å².